The molecule has 4 N–H and O–H groups in total. The molecule has 6 nitrogen and oxygen atoms in total. The van der Waals surface area contributed by atoms with Gasteiger partial charge in [0, 0.05) is 10.6 Å². The summed E-state index contributed by atoms with van der Waals surface area (Å²) in [6.07, 6.45) is 0. The molecule has 0 spiro atoms. The lowest BCUT2D eigenvalue weighted by Gasteiger charge is -2.12. The summed E-state index contributed by atoms with van der Waals surface area (Å²) in [5, 5.41) is 0.768. The topological polar surface area (TPSA) is 104 Å². The molecular weight excluding hydrogens is 315 g/mol. The fourth-order valence-corrected chi connectivity index (χ4v) is 2.30. The van der Waals surface area contributed by atoms with Gasteiger partial charge in [0.25, 0.3) is 0 Å². The first kappa shape index (κ1) is 15.3. The Balaban J connectivity index is 2.69. The van der Waals surface area contributed by atoms with Crippen molar-refractivity contribution in [3.8, 4) is 11.1 Å². The molecule has 0 atom stereocenters. The van der Waals surface area contributed by atoms with Gasteiger partial charge in [0.2, 0.25) is 5.95 Å². The van der Waals surface area contributed by atoms with Crippen LogP contribution in [0.2, 0.25) is 10.0 Å². The van der Waals surface area contributed by atoms with Crippen molar-refractivity contribution >= 4 is 40.9 Å². The van der Waals surface area contributed by atoms with Gasteiger partial charge >= 0.3 is 5.97 Å². The van der Waals surface area contributed by atoms with Gasteiger partial charge in [-0.05, 0) is 19.1 Å². The maximum atomic E-state index is 12.0. The van der Waals surface area contributed by atoms with E-state index in [4.69, 9.17) is 39.4 Å². The van der Waals surface area contributed by atoms with Crippen LogP contribution in [0.4, 0.5) is 11.8 Å². The molecule has 8 heteroatoms. The number of hydrogen-bond donors (Lipinski definition) is 2. The number of carbonyl (C=O) groups excluding carboxylic acids is 1. The Hall–Kier alpha value is -2.05. The monoisotopic (exact) mass is 326 g/mol. The third kappa shape index (κ3) is 3.17. The van der Waals surface area contributed by atoms with Crippen LogP contribution < -0.4 is 11.5 Å². The molecule has 2 rings (SSSR count). The Kier molecular flexibility index (Phi) is 4.50. The minimum absolute atomic E-state index is 0.0360. The van der Waals surface area contributed by atoms with E-state index in [1.54, 1.807) is 19.1 Å². The normalized spacial score (nSPS) is 10.4. The Morgan fingerprint density at radius 3 is 2.62 bits per heavy atom. The molecular formula is C13H12Cl2N4O2. The minimum Gasteiger partial charge on any atom is -0.461 e. The van der Waals surface area contributed by atoms with E-state index in [2.05, 4.69) is 9.97 Å². The standard InChI is InChI=1S/C13H12Cl2N4O2/c1-2-21-12(20)10-9(11(16)19-13(17)18-10)7-4-3-6(14)5-8(7)15/h3-5H,2H2,1H3,(H4,16,17,18,19). The molecule has 0 aliphatic rings. The van der Waals surface area contributed by atoms with Crippen LogP contribution in [0.3, 0.4) is 0 Å². The number of benzene rings is 1. The van der Waals surface area contributed by atoms with Crippen LogP contribution in [-0.4, -0.2) is 22.5 Å². The summed E-state index contributed by atoms with van der Waals surface area (Å²) in [6, 6.07) is 4.77. The summed E-state index contributed by atoms with van der Waals surface area (Å²) in [5.41, 5.74) is 12.1. The molecule has 0 unspecified atom stereocenters. The van der Waals surface area contributed by atoms with E-state index in [1.165, 1.54) is 6.07 Å². The van der Waals surface area contributed by atoms with Crippen molar-refractivity contribution in [1.82, 2.24) is 9.97 Å². The van der Waals surface area contributed by atoms with E-state index in [0.29, 0.717) is 15.6 Å². The molecule has 1 heterocycles. The van der Waals surface area contributed by atoms with Crippen molar-refractivity contribution in [3.05, 3.63) is 33.9 Å². The van der Waals surface area contributed by atoms with Crippen molar-refractivity contribution in [3.63, 3.8) is 0 Å². The lowest BCUT2D eigenvalue weighted by atomic mass is 10.0. The third-order valence-electron chi connectivity index (χ3n) is 2.62. The van der Waals surface area contributed by atoms with Gasteiger partial charge in [-0.15, -0.1) is 0 Å². The average molecular weight is 327 g/mol. The Labute approximate surface area is 131 Å². The largest absolute Gasteiger partial charge is 0.461 e. The van der Waals surface area contributed by atoms with Crippen molar-refractivity contribution in [2.45, 2.75) is 6.92 Å². The van der Waals surface area contributed by atoms with E-state index >= 15 is 0 Å². The SMILES string of the molecule is CCOC(=O)c1nc(N)nc(N)c1-c1ccc(Cl)cc1Cl. The maximum Gasteiger partial charge on any atom is 0.357 e. The highest BCUT2D eigenvalue weighted by molar-refractivity contribution is 6.36. The summed E-state index contributed by atoms with van der Waals surface area (Å²) in [6.45, 7) is 1.87. The van der Waals surface area contributed by atoms with Crippen LogP contribution in [0.15, 0.2) is 18.2 Å². The first-order valence-electron chi connectivity index (χ1n) is 5.99. The summed E-state index contributed by atoms with van der Waals surface area (Å²) in [5.74, 6) is -0.738. The summed E-state index contributed by atoms with van der Waals surface area (Å²) < 4.78 is 4.95. The number of nitrogens with two attached hydrogens (primary N) is 2. The van der Waals surface area contributed by atoms with Gasteiger partial charge < -0.3 is 16.2 Å². The molecule has 0 saturated carbocycles. The molecule has 1 aromatic carbocycles. The van der Waals surface area contributed by atoms with Crippen molar-refractivity contribution < 1.29 is 9.53 Å². The van der Waals surface area contributed by atoms with E-state index < -0.39 is 5.97 Å². The van der Waals surface area contributed by atoms with E-state index in [-0.39, 0.29) is 29.6 Å². The highest BCUT2D eigenvalue weighted by Crippen LogP contribution is 2.35. The van der Waals surface area contributed by atoms with Crippen molar-refractivity contribution in [2.75, 3.05) is 18.1 Å². The molecule has 0 aliphatic heterocycles. The molecule has 0 fully saturated rings. The number of esters is 1. The van der Waals surface area contributed by atoms with Crippen molar-refractivity contribution in [2.24, 2.45) is 0 Å². The highest BCUT2D eigenvalue weighted by Gasteiger charge is 2.22. The van der Waals surface area contributed by atoms with Crippen LogP contribution in [0, 0.1) is 0 Å². The average Bonchev–Trinajstić information content (AvgIpc) is 2.39. The van der Waals surface area contributed by atoms with Gasteiger partial charge in [-0.25, -0.2) is 9.78 Å². The molecule has 0 bridgehead atoms. The number of rotatable bonds is 3. The minimum atomic E-state index is -0.653. The molecule has 0 aliphatic carbocycles. The van der Waals surface area contributed by atoms with E-state index in [0.717, 1.165) is 0 Å². The number of hydrogen-bond acceptors (Lipinski definition) is 6. The molecule has 2 aromatic rings. The quantitative estimate of drug-likeness (QED) is 0.840. The van der Waals surface area contributed by atoms with E-state index in [9.17, 15) is 4.79 Å². The second kappa shape index (κ2) is 6.15. The second-order valence-electron chi connectivity index (χ2n) is 4.04. The number of aromatic nitrogens is 2. The molecule has 110 valence electrons. The van der Waals surface area contributed by atoms with Crippen LogP contribution in [0.25, 0.3) is 11.1 Å². The predicted octanol–water partition coefficient (Wildman–Crippen LogP) is 2.79. The smallest absolute Gasteiger partial charge is 0.357 e. The number of nitrogen functional groups attached to an aromatic ring is 2. The zero-order chi connectivity index (χ0) is 15.6. The fourth-order valence-electron chi connectivity index (χ4n) is 1.80. The van der Waals surface area contributed by atoms with Crippen molar-refractivity contribution in [1.29, 1.82) is 0 Å². The number of nitrogens with zero attached hydrogens (tertiary/aromatic N) is 2. The van der Waals surface area contributed by atoms with Crippen LogP contribution in [0.5, 0.6) is 0 Å². The zero-order valence-electron chi connectivity index (χ0n) is 11.1. The van der Waals surface area contributed by atoms with Gasteiger partial charge in [0.15, 0.2) is 5.69 Å². The van der Waals surface area contributed by atoms with E-state index in [1.807, 2.05) is 0 Å². The van der Waals surface area contributed by atoms with Crippen LogP contribution in [0.1, 0.15) is 17.4 Å². The van der Waals surface area contributed by atoms with Gasteiger partial charge in [-0.1, -0.05) is 29.3 Å². The Morgan fingerprint density at radius 1 is 1.29 bits per heavy atom. The van der Waals surface area contributed by atoms with Gasteiger partial charge in [-0.2, -0.15) is 4.98 Å². The Bertz CT molecular complexity index is 707. The van der Waals surface area contributed by atoms with Gasteiger partial charge in [0.05, 0.1) is 17.2 Å². The lowest BCUT2D eigenvalue weighted by molar-refractivity contribution is 0.0520. The van der Waals surface area contributed by atoms with Crippen LogP contribution in [-0.2, 0) is 4.74 Å². The second-order valence-corrected chi connectivity index (χ2v) is 4.88. The fraction of sp³-hybridized carbons (Fsp3) is 0.154. The van der Waals surface area contributed by atoms with Gasteiger partial charge in [-0.3, -0.25) is 0 Å². The maximum absolute atomic E-state index is 12.0. The molecule has 0 amide bonds. The Morgan fingerprint density at radius 2 is 2.00 bits per heavy atom. The predicted molar refractivity (Wildman–Crippen MR) is 82.3 cm³/mol. The van der Waals surface area contributed by atoms with Crippen LogP contribution >= 0.6 is 23.2 Å². The third-order valence-corrected chi connectivity index (χ3v) is 3.17. The lowest BCUT2D eigenvalue weighted by Crippen LogP contribution is -2.14. The summed E-state index contributed by atoms with van der Waals surface area (Å²) in [4.78, 5) is 19.8. The van der Waals surface area contributed by atoms with Gasteiger partial charge in [0.1, 0.15) is 5.82 Å². The number of anilines is 2. The first-order valence-corrected chi connectivity index (χ1v) is 6.75. The summed E-state index contributed by atoms with van der Waals surface area (Å²) >= 11 is 12.0. The number of carbonyl (C=O) groups is 1. The zero-order valence-corrected chi connectivity index (χ0v) is 12.6. The first-order chi connectivity index (χ1) is 9.93. The molecule has 0 saturated heterocycles. The molecule has 0 radical (unpaired) electrons. The number of halogens is 2. The number of ether oxygens (including phenoxy) is 1. The highest BCUT2D eigenvalue weighted by atomic mass is 35.5. The summed E-state index contributed by atoms with van der Waals surface area (Å²) in [7, 11) is 0. The molecule has 21 heavy (non-hydrogen) atoms. The molecule has 1 aromatic heterocycles.